The zero-order valence-corrected chi connectivity index (χ0v) is 16.1. The van der Waals surface area contributed by atoms with E-state index < -0.39 is 0 Å². The summed E-state index contributed by atoms with van der Waals surface area (Å²) in [6.07, 6.45) is 6.44. The van der Waals surface area contributed by atoms with Crippen molar-refractivity contribution in [1.82, 2.24) is 25.4 Å². The van der Waals surface area contributed by atoms with Gasteiger partial charge in [0.25, 0.3) is 0 Å². The van der Waals surface area contributed by atoms with Crippen molar-refractivity contribution in [3.05, 3.63) is 71.8 Å². The van der Waals surface area contributed by atoms with Gasteiger partial charge in [-0.1, -0.05) is 31.0 Å². The molecule has 0 saturated heterocycles. The Bertz CT molecular complexity index is 949. The van der Waals surface area contributed by atoms with E-state index in [1.54, 1.807) is 18.3 Å². The Morgan fingerprint density at radius 3 is 2.55 bits per heavy atom. The average molecular weight is 393 g/mol. The summed E-state index contributed by atoms with van der Waals surface area (Å²) in [7, 11) is 0. The molecule has 3 aromatic rings. The van der Waals surface area contributed by atoms with Gasteiger partial charge in [0, 0.05) is 12.7 Å². The summed E-state index contributed by atoms with van der Waals surface area (Å²) in [4.78, 5) is 16.6. The van der Waals surface area contributed by atoms with E-state index in [2.05, 4.69) is 20.3 Å². The Labute approximate surface area is 169 Å². The van der Waals surface area contributed by atoms with Gasteiger partial charge in [0.05, 0.1) is 29.7 Å². The first-order valence-corrected chi connectivity index (χ1v) is 9.95. The van der Waals surface area contributed by atoms with Crippen LogP contribution in [0.3, 0.4) is 0 Å². The molecule has 7 heteroatoms. The van der Waals surface area contributed by atoms with Crippen LogP contribution >= 0.6 is 0 Å². The predicted molar refractivity (Wildman–Crippen MR) is 108 cm³/mol. The van der Waals surface area contributed by atoms with Gasteiger partial charge < -0.3 is 10.6 Å². The summed E-state index contributed by atoms with van der Waals surface area (Å²) >= 11 is 0. The number of aromatic nitrogens is 3. The second-order valence-electron chi connectivity index (χ2n) is 7.28. The fraction of sp³-hybridized carbons (Fsp3) is 0.318. The molecule has 0 aliphatic heterocycles. The second kappa shape index (κ2) is 8.86. The van der Waals surface area contributed by atoms with E-state index in [0.29, 0.717) is 19.1 Å². The van der Waals surface area contributed by atoms with Gasteiger partial charge in [-0.15, -0.1) is 0 Å². The summed E-state index contributed by atoms with van der Waals surface area (Å²) in [5.74, 6) is -0.292. The third-order valence-electron chi connectivity index (χ3n) is 5.18. The minimum Gasteiger partial charge on any atom is -0.334 e. The maximum absolute atomic E-state index is 13.0. The van der Waals surface area contributed by atoms with E-state index in [4.69, 9.17) is 5.10 Å². The third kappa shape index (κ3) is 4.80. The number of benzene rings is 1. The quantitative estimate of drug-likeness (QED) is 0.659. The molecule has 0 atom stereocenters. The SMILES string of the molecule is O=C(NCc1ccc(F)cc1)NCc1cc(-c2ccccn2)n(C2CCCC2)n1. The molecule has 1 aromatic carbocycles. The maximum Gasteiger partial charge on any atom is 0.315 e. The molecule has 150 valence electrons. The van der Waals surface area contributed by atoms with Crippen LogP contribution < -0.4 is 10.6 Å². The number of hydrogen-bond acceptors (Lipinski definition) is 3. The van der Waals surface area contributed by atoms with Crippen molar-refractivity contribution >= 4 is 6.03 Å². The molecule has 2 amide bonds. The summed E-state index contributed by atoms with van der Waals surface area (Å²) in [6, 6.07) is 14.0. The molecule has 0 radical (unpaired) electrons. The Hall–Kier alpha value is -3.22. The highest BCUT2D eigenvalue weighted by Crippen LogP contribution is 2.33. The fourth-order valence-electron chi connectivity index (χ4n) is 3.68. The van der Waals surface area contributed by atoms with Crippen LogP contribution in [0, 0.1) is 5.82 Å². The largest absolute Gasteiger partial charge is 0.334 e. The minimum atomic E-state index is -0.292. The molecule has 0 spiro atoms. The lowest BCUT2D eigenvalue weighted by molar-refractivity contribution is 0.240. The number of nitrogens with zero attached hydrogens (tertiary/aromatic N) is 3. The van der Waals surface area contributed by atoms with Gasteiger partial charge in [-0.2, -0.15) is 5.10 Å². The molecule has 29 heavy (non-hydrogen) atoms. The molecular formula is C22H24FN5O. The molecule has 1 aliphatic rings. The van der Waals surface area contributed by atoms with Crippen LogP contribution in [0.25, 0.3) is 11.4 Å². The van der Waals surface area contributed by atoms with E-state index in [-0.39, 0.29) is 11.8 Å². The first kappa shape index (κ1) is 19.1. The minimum absolute atomic E-state index is 0.288. The zero-order chi connectivity index (χ0) is 20.1. The zero-order valence-electron chi connectivity index (χ0n) is 16.1. The number of nitrogens with one attached hydrogen (secondary N) is 2. The number of urea groups is 1. The van der Waals surface area contributed by atoms with E-state index >= 15 is 0 Å². The lowest BCUT2D eigenvalue weighted by Crippen LogP contribution is -2.34. The molecule has 1 saturated carbocycles. The first-order chi connectivity index (χ1) is 14.2. The van der Waals surface area contributed by atoms with Crippen molar-refractivity contribution in [1.29, 1.82) is 0 Å². The number of pyridine rings is 1. The Morgan fingerprint density at radius 1 is 1.07 bits per heavy atom. The number of amides is 2. The molecular weight excluding hydrogens is 369 g/mol. The Kier molecular flexibility index (Phi) is 5.84. The Balaban J connectivity index is 1.40. The second-order valence-corrected chi connectivity index (χ2v) is 7.28. The number of hydrogen-bond donors (Lipinski definition) is 2. The van der Waals surface area contributed by atoms with Crippen LogP contribution in [0.5, 0.6) is 0 Å². The van der Waals surface area contributed by atoms with Gasteiger partial charge in [0.1, 0.15) is 5.82 Å². The third-order valence-corrected chi connectivity index (χ3v) is 5.18. The van der Waals surface area contributed by atoms with E-state index in [0.717, 1.165) is 35.5 Å². The van der Waals surface area contributed by atoms with Gasteiger partial charge in [-0.25, -0.2) is 9.18 Å². The normalized spacial score (nSPS) is 14.1. The van der Waals surface area contributed by atoms with Crippen molar-refractivity contribution in [2.75, 3.05) is 0 Å². The highest BCUT2D eigenvalue weighted by atomic mass is 19.1. The lowest BCUT2D eigenvalue weighted by Gasteiger charge is -2.13. The van der Waals surface area contributed by atoms with E-state index in [9.17, 15) is 9.18 Å². The first-order valence-electron chi connectivity index (χ1n) is 9.95. The molecule has 0 bridgehead atoms. The lowest BCUT2D eigenvalue weighted by atomic mass is 10.2. The van der Waals surface area contributed by atoms with Crippen LogP contribution in [0.15, 0.2) is 54.7 Å². The molecule has 2 N–H and O–H groups in total. The van der Waals surface area contributed by atoms with Gasteiger partial charge in [-0.3, -0.25) is 9.67 Å². The predicted octanol–water partition coefficient (Wildman–Crippen LogP) is 4.20. The van der Waals surface area contributed by atoms with Crippen molar-refractivity contribution in [2.45, 2.75) is 44.8 Å². The molecule has 6 nitrogen and oxygen atoms in total. The van der Waals surface area contributed by atoms with Gasteiger partial charge in [0.2, 0.25) is 0 Å². The highest BCUT2D eigenvalue weighted by Gasteiger charge is 2.22. The summed E-state index contributed by atoms with van der Waals surface area (Å²) in [5, 5.41) is 10.4. The van der Waals surface area contributed by atoms with Crippen molar-refractivity contribution in [3.63, 3.8) is 0 Å². The summed E-state index contributed by atoms with van der Waals surface area (Å²) in [5.41, 5.74) is 3.51. The van der Waals surface area contributed by atoms with Crippen LogP contribution in [-0.2, 0) is 13.1 Å². The summed E-state index contributed by atoms with van der Waals surface area (Å²) in [6.45, 7) is 0.663. The standard InChI is InChI=1S/C22H24FN5O/c23-17-10-8-16(9-11-17)14-25-22(29)26-15-18-13-21(20-7-3-4-12-24-20)28(27-18)19-5-1-2-6-19/h3-4,7-13,19H,1-2,5-6,14-15H2,(H2,25,26,29). The molecule has 4 rings (SSSR count). The van der Waals surface area contributed by atoms with Crippen molar-refractivity contribution < 1.29 is 9.18 Å². The van der Waals surface area contributed by atoms with Crippen LogP contribution in [0.2, 0.25) is 0 Å². The van der Waals surface area contributed by atoms with Crippen LogP contribution in [0.1, 0.15) is 43.0 Å². The molecule has 1 fully saturated rings. The van der Waals surface area contributed by atoms with Crippen molar-refractivity contribution in [2.24, 2.45) is 0 Å². The summed E-state index contributed by atoms with van der Waals surface area (Å²) < 4.78 is 15.0. The number of carbonyl (C=O) groups excluding carboxylic acids is 1. The van der Waals surface area contributed by atoms with Crippen LogP contribution in [-0.4, -0.2) is 20.8 Å². The number of carbonyl (C=O) groups is 1. The molecule has 2 aromatic heterocycles. The fourth-order valence-corrected chi connectivity index (χ4v) is 3.68. The number of rotatable bonds is 6. The smallest absolute Gasteiger partial charge is 0.315 e. The van der Waals surface area contributed by atoms with E-state index in [1.807, 2.05) is 24.3 Å². The Morgan fingerprint density at radius 2 is 1.83 bits per heavy atom. The molecule has 1 aliphatic carbocycles. The van der Waals surface area contributed by atoms with Crippen molar-refractivity contribution in [3.8, 4) is 11.4 Å². The molecule has 2 heterocycles. The van der Waals surface area contributed by atoms with E-state index in [1.165, 1.54) is 25.0 Å². The monoisotopic (exact) mass is 393 g/mol. The number of halogens is 1. The van der Waals surface area contributed by atoms with Crippen LogP contribution in [0.4, 0.5) is 9.18 Å². The average Bonchev–Trinajstić information content (AvgIpc) is 3.42. The topological polar surface area (TPSA) is 71.8 Å². The maximum atomic E-state index is 13.0. The van der Waals surface area contributed by atoms with Gasteiger partial charge in [0.15, 0.2) is 0 Å². The van der Waals surface area contributed by atoms with Gasteiger partial charge in [-0.05, 0) is 48.7 Å². The molecule has 0 unspecified atom stereocenters. The van der Waals surface area contributed by atoms with Gasteiger partial charge >= 0.3 is 6.03 Å². The highest BCUT2D eigenvalue weighted by molar-refractivity contribution is 5.73.